The van der Waals surface area contributed by atoms with E-state index in [4.69, 9.17) is 0 Å². The highest BCUT2D eigenvalue weighted by Crippen LogP contribution is 2.28. The predicted octanol–water partition coefficient (Wildman–Crippen LogP) is 3.87. The van der Waals surface area contributed by atoms with E-state index in [2.05, 4.69) is 9.88 Å². The van der Waals surface area contributed by atoms with Gasteiger partial charge in [-0.3, -0.25) is 9.69 Å². The second-order valence-corrected chi connectivity index (χ2v) is 8.71. The van der Waals surface area contributed by atoms with Gasteiger partial charge in [0.15, 0.2) is 0 Å². The molecule has 0 atom stereocenters. The van der Waals surface area contributed by atoms with Crippen molar-refractivity contribution in [1.29, 1.82) is 0 Å². The Balaban J connectivity index is 1.44. The number of rotatable bonds is 5. The Hall–Kier alpha value is -3.85. The first-order valence-electron chi connectivity index (χ1n) is 11.5. The Morgan fingerprint density at radius 2 is 1.77 bits per heavy atom. The van der Waals surface area contributed by atoms with Crippen molar-refractivity contribution >= 4 is 33.6 Å². The summed E-state index contributed by atoms with van der Waals surface area (Å²) in [6, 6.07) is 11.0. The molecule has 1 N–H and O–H groups in total. The molecule has 0 bridgehead atoms. The normalized spacial score (nSPS) is 14.7. The third kappa shape index (κ3) is 4.35. The molecule has 7 nitrogen and oxygen atoms in total. The molecule has 2 aromatic heterocycles. The van der Waals surface area contributed by atoms with Crippen LogP contribution in [0.2, 0.25) is 0 Å². The number of anilines is 1. The minimum atomic E-state index is -1.31. The van der Waals surface area contributed by atoms with Gasteiger partial charge in [-0.2, -0.15) is 0 Å². The number of nitrogens with zero attached hydrogens (tertiary/aromatic N) is 4. The summed E-state index contributed by atoms with van der Waals surface area (Å²) in [4.78, 5) is 33.0. The van der Waals surface area contributed by atoms with Crippen molar-refractivity contribution < 1.29 is 18.7 Å². The number of fused-ring (bicyclic) bond motifs is 2. The molecule has 0 aliphatic carbocycles. The van der Waals surface area contributed by atoms with Gasteiger partial charge in [-0.25, -0.2) is 18.6 Å². The molecule has 9 heteroatoms. The number of hydrogen-bond donors (Lipinski definition) is 1. The van der Waals surface area contributed by atoms with E-state index in [0.29, 0.717) is 48.4 Å². The summed E-state index contributed by atoms with van der Waals surface area (Å²) >= 11 is 0. The van der Waals surface area contributed by atoms with Gasteiger partial charge in [0.1, 0.15) is 22.8 Å². The van der Waals surface area contributed by atoms with Crippen molar-refractivity contribution in [2.75, 3.05) is 31.1 Å². The zero-order chi connectivity index (χ0) is 24.7. The number of carboxylic acid groups (broad SMARTS) is 1. The van der Waals surface area contributed by atoms with Crippen LogP contribution in [0, 0.1) is 11.6 Å². The van der Waals surface area contributed by atoms with Crippen LogP contribution in [0.3, 0.4) is 0 Å². The molecule has 5 rings (SSSR count). The lowest BCUT2D eigenvalue weighted by molar-refractivity contribution is 0.0695. The van der Waals surface area contributed by atoms with E-state index in [0.717, 1.165) is 18.7 Å². The largest absolute Gasteiger partial charge is 0.477 e. The van der Waals surface area contributed by atoms with Crippen LogP contribution in [0.5, 0.6) is 0 Å². The van der Waals surface area contributed by atoms with Crippen molar-refractivity contribution in [2.45, 2.75) is 20.0 Å². The fraction of sp³-hybridized carbons (Fsp3) is 0.269. The van der Waals surface area contributed by atoms with Crippen LogP contribution >= 0.6 is 0 Å². The number of halogens is 2. The van der Waals surface area contributed by atoms with Crippen molar-refractivity contribution in [2.24, 2.45) is 0 Å². The van der Waals surface area contributed by atoms with Gasteiger partial charge >= 0.3 is 5.97 Å². The van der Waals surface area contributed by atoms with Gasteiger partial charge in [0.25, 0.3) is 0 Å². The third-order valence-corrected chi connectivity index (χ3v) is 6.51. The number of piperazine rings is 1. The van der Waals surface area contributed by atoms with E-state index < -0.39 is 17.2 Å². The summed E-state index contributed by atoms with van der Waals surface area (Å²) in [6.07, 6.45) is 1.30. The highest BCUT2D eigenvalue weighted by molar-refractivity contribution is 5.96. The van der Waals surface area contributed by atoms with Gasteiger partial charge in [-0.05, 0) is 42.8 Å². The van der Waals surface area contributed by atoms with Crippen molar-refractivity contribution in [3.8, 4) is 0 Å². The fourth-order valence-electron chi connectivity index (χ4n) is 4.61. The predicted molar refractivity (Wildman–Crippen MR) is 130 cm³/mol. The van der Waals surface area contributed by atoms with Crippen LogP contribution in [0.25, 0.3) is 21.9 Å². The molecular formula is C26H24F2N4O3. The van der Waals surface area contributed by atoms with E-state index in [9.17, 15) is 19.1 Å². The highest BCUT2D eigenvalue weighted by atomic mass is 19.1. The molecule has 0 radical (unpaired) electrons. The third-order valence-electron chi connectivity index (χ3n) is 6.51. The van der Waals surface area contributed by atoms with Gasteiger partial charge in [0.05, 0.1) is 16.6 Å². The minimum Gasteiger partial charge on any atom is -0.477 e. The SMILES string of the molecule is CCn1cc(C(=O)O)c(=O)c2cc3cc(F)c(N4CCN(Cc5ccc(F)cc5)CC4)cc3nc21. The quantitative estimate of drug-likeness (QED) is 0.439. The van der Waals surface area contributed by atoms with Crippen molar-refractivity contribution in [3.05, 3.63) is 81.6 Å². The molecule has 1 aliphatic heterocycles. The second kappa shape index (κ2) is 9.07. The smallest absolute Gasteiger partial charge is 0.341 e. The lowest BCUT2D eigenvalue weighted by atomic mass is 10.1. The maximum atomic E-state index is 15.1. The van der Waals surface area contributed by atoms with E-state index in [1.807, 2.05) is 11.8 Å². The summed E-state index contributed by atoms with van der Waals surface area (Å²) in [5.74, 6) is -1.99. The first-order valence-corrected chi connectivity index (χ1v) is 11.5. The average molecular weight is 478 g/mol. The van der Waals surface area contributed by atoms with Crippen LogP contribution in [0.15, 0.2) is 53.5 Å². The molecule has 1 saturated heterocycles. The summed E-state index contributed by atoms with van der Waals surface area (Å²) in [7, 11) is 0. The zero-order valence-electron chi connectivity index (χ0n) is 19.2. The number of aryl methyl sites for hydroxylation is 1. The van der Waals surface area contributed by atoms with Gasteiger partial charge in [0.2, 0.25) is 5.43 Å². The number of aromatic carboxylic acids is 1. The zero-order valence-corrected chi connectivity index (χ0v) is 19.2. The lowest BCUT2D eigenvalue weighted by Gasteiger charge is -2.36. The Morgan fingerprint density at radius 1 is 1.06 bits per heavy atom. The molecular weight excluding hydrogens is 454 g/mol. The van der Waals surface area contributed by atoms with E-state index in [1.165, 1.54) is 30.5 Å². The van der Waals surface area contributed by atoms with Gasteiger partial charge in [-0.1, -0.05) is 12.1 Å². The number of aromatic nitrogens is 2. The molecule has 3 heterocycles. The first-order chi connectivity index (χ1) is 16.8. The summed E-state index contributed by atoms with van der Waals surface area (Å²) in [5, 5.41) is 9.97. The Morgan fingerprint density at radius 3 is 2.43 bits per heavy atom. The number of carbonyl (C=O) groups is 1. The fourth-order valence-corrected chi connectivity index (χ4v) is 4.61. The molecule has 180 valence electrons. The molecule has 0 spiro atoms. The van der Waals surface area contributed by atoms with E-state index >= 15 is 4.39 Å². The highest BCUT2D eigenvalue weighted by Gasteiger charge is 2.22. The van der Waals surface area contributed by atoms with Crippen LogP contribution < -0.4 is 10.3 Å². The number of carboxylic acids is 1. The molecule has 1 fully saturated rings. The summed E-state index contributed by atoms with van der Waals surface area (Å²) in [5.41, 5.74) is 1.41. The molecule has 35 heavy (non-hydrogen) atoms. The summed E-state index contributed by atoms with van der Waals surface area (Å²) in [6.45, 7) is 5.68. The standard InChI is InChI=1S/C26H24F2N4O3/c1-2-31-15-20(26(34)35)24(33)19-11-17-12-21(28)23(13-22(17)29-25(19)31)32-9-7-30(8-10-32)14-16-3-5-18(27)6-4-16/h3-6,11-13,15H,2,7-10,14H2,1H3,(H,34,35). The number of benzene rings is 2. The Labute approximate surface area is 199 Å². The lowest BCUT2D eigenvalue weighted by Crippen LogP contribution is -2.46. The van der Waals surface area contributed by atoms with E-state index in [-0.39, 0.29) is 16.8 Å². The number of pyridine rings is 2. The van der Waals surface area contributed by atoms with Crippen LogP contribution in [0.4, 0.5) is 14.5 Å². The maximum absolute atomic E-state index is 15.1. The van der Waals surface area contributed by atoms with Crippen LogP contribution in [-0.2, 0) is 13.1 Å². The molecule has 0 unspecified atom stereocenters. The van der Waals surface area contributed by atoms with Gasteiger partial charge in [0, 0.05) is 50.9 Å². The molecule has 1 aliphatic rings. The second-order valence-electron chi connectivity index (χ2n) is 8.71. The molecule has 4 aromatic rings. The van der Waals surface area contributed by atoms with Gasteiger partial charge < -0.3 is 14.6 Å². The first kappa shape index (κ1) is 22.9. The summed E-state index contributed by atoms with van der Waals surface area (Å²) < 4.78 is 29.9. The average Bonchev–Trinajstić information content (AvgIpc) is 2.85. The van der Waals surface area contributed by atoms with Crippen LogP contribution in [-0.4, -0.2) is 51.7 Å². The number of hydrogen-bond acceptors (Lipinski definition) is 5. The molecule has 0 amide bonds. The van der Waals surface area contributed by atoms with Crippen LogP contribution in [0.1, 0.15) is 22.8 Å². The van der Waals surface area contributed by atoms with Crippen molar-refractivity contribution in [3.63, 3.8) is 0 Å². The van der Waals surface area contributed by atoms with Crippen molar-refractivity contribution in [1.82, 2.24) is 14.5 Å². The Kier molecular flexibility index (Phi) is 5.94. The van der Waals surface area contributed by atoms with Gasteiger partial charge in [-0.15, -0.1) is 0 Å². The van der Waals surface area contributed by atoms with E-state index in [1.54, 1.807) is 22.8 Å². The Bertz CT molecular complexity index is 1490. The molecule has 2 aromatic carbocycles. The maximum Gasteiger partial charge on any atom is 0.341 e. The molecule has 0 saturated carbocycles. The monoisotopic (exact) mass is 478 g/mol. The topological polar surface area (TPSA) is 78.7 Å². The minimum absolute atomic E-state index is 0.154.